The second kappa shape index (κ2) is 9.00. The number of nitrogens with zero attached hydrogens (tertiary/aromatic N) is 1. The molecule has 0 unspecified atom stereocenters. The molecule has 1 rings (SSSR count). The molecular weight excluding hydrogens is 270 g/mol. The number of likely N-dealkylation sites (N-methyl/N-ethyl adjacent to an activating group) is 1. The van der Waals surface area contributed by atoms with E-state index in [1.54, 1.807) is 0 Å². The van der Waals surface area contributed by atoms with Crippen LogP contribution in [-0.4, -0.2) is 43.6 Å². The summed E-state index contributed by atoms with van der Waals surface area (Å²) in [5.41, 5.74) is 1.07. The van der Waals surface area contributed by atoms with Crippen molar-refractivity contribution in [3.63, 3.8) is 0 Å². The molecule has 1 aromatic rings. The van der Waals surface area contributed by atoms with Crippen molar-refractivity contribution in [3.05, 3.63) is 29.8 Å². The summed E-state index contributed by atoms with van der Waals surface area (Å²) in [6.07, 6.45) is 0.974. The number of para-hydroxylation sites is 1. The number of amides is 1. The van der Waals surface area contributed by atoms with Crippen LogP contribution in [0.1, 0.15) is 25.3 Å². The zero-order valence-electron chi connectivity index (χ0n) is 12.9. The highest BCUT2D eigenvalue weighted by Gasteiger charge is 2.15. The molecule has 1 aromatic carbocycles. The number of hydrogen-bond acceptors (Lipinski definition) is 4. The van der Waals surface area contributed by atoms with Gasteiger partial charge in [0, 0.05) is 13.0 Å². The van der Waals surface area contributed by atoms with Gasteiger partial charge in [0.2, 0.25) is 5.91 Å². The van der Waals surface area contributed by atoms with E-state index in [9.17, 15) is 9.59 Å². The first-order chi connectivity index (χ1) is 10.1. The number of hydrogen-bond donors (Lipinski definition) is 0. The molecule has 0 aliphatic carbocycles. The maximum atomic E-state index is 12.0. The maximum absolute atomic E-state index is 12.0. The Bertz CT molecular complexity index is 473. The van der Waals surface area contributed by atoms with Crippen LogP contribution in [0.25, 0.3) is 0 Å². The minimum Gasteiger partial charge on any atom is -0.493 e. The Kier molecular flexibility index (Phi) is 7.29. The van der Waals surface area contributed by atoms with Gasteiger partial charge in [-0.25, -0.2) is 0 Å². The summed E-state index contributed by atoms with van der Waals surface area (Å²) in [4.78, 5) is 24.6. The van der Waals surface area contributed by atoms with Crippen LogP contribution in [0, 0.1) is 6.92 Å². The van der Waals surface area contributed by atoms with E-state index in [1.165, 1.54) is 12.0 Å². The van der Waals surface area contributed by atoms with Gasteiger partial charge in [0.05, 0.1) is 13.7 Å². The average molecular weight is 293 g/mol. The summed E-state index contributed by atoms with van der Waals surface area (Å²) in [5, 5.41) is 0. The van der Waals surface area contributed by atoms with Crippen molar-refractivity contribution in [2.75, 3.05) is 26.8 Å². The number of carbonyl (C=O) groups is 2. The fourth-order valence-electron chi connectivity index (χ4n) is 1.88. The molecule has 0 bridgehead atoms. The Morgan fingerprint density at radius 1 is 1.24 bits per heavy atom. The normalized spacial score (nSPS) is 10.0. The van der Waals surface area contributed by atoms with E-state index in [0.717, 1.165) is 11.3 Å². The quantitative estimate of drug-likeness (QED) is 0.544. The highest BCUT2D eigenvalue weighted by Crippen LogP contribution is 2.16. The SMILES string of the molecule is CCN(CC(=O)OC)C(=O)CCCOc1ccccc1C. The molecule has 0 heterocycles. The van der Waals surface area contributed by atoms with Gasteiger partial charge in [-0.3, -0.25) is 9.59 Å². The van der Waals surface area contributed by atoms with Crippen molar-refractivity contribution in [1.29, 1.82) is 0 Å². The van der Waals surface area contributed by atoms with E-state index in [0.29, 0.717) is 26.0 Å². The van der Waals surface area contributed by atoms with Crippen LogP contribution in [0.4, 0.5) is 0 Å². The Morgan fingerprint density at radius 2 is 1.95 bits per heavy atom. The van der Waals surface area contributed by atoms with Crippen LogP contribution in [0.15, 0.2) is 24.3 Å². The van der Waals surface area contributed by atoms with E-state index in [2.05, 4.69) is 4.74 Å². The molecule has 5 heteroatoms. The second-order valence-electron chi connectivity index (χ2n) is 4.70. The summed E-state index contributed by atoms with van der Waals surface area (Å²) in [6.45, 7) is 4.80. The highest BCUT2D eigenvalue weighted by atomic mass is 16.5. The minimum atomic E-state index is -0.402. The molecule has 1 amide bonds. The topological polar surface area (TPSA) is 55.8 Å². The molecule has 0 N–H and O–H groups in total. The van der Waals surface area contributed by atoms with Gasteiger partial charge < -0.3 is 14.4 Å². The van der Waals surface area contributed by atoms with Crippen molar-refractivity contribution in [1.82, 2.24) is 4.90 Å². The minimum absolute atomic E-state index is 0.00445. The molecule has 0 radical (unpaired) electrons. The van der Waals surface area contributed by atoms with E-state index in [4.69, 9.17) is 4.74 Å². The van der Waals surface area contributed by atoms with Crippen molar-refractivity contribution >= 4 is 11.9 Å². The summed E-state index contributed by atoms with van der Waals surface area (Å²) in [5.74, 6) is 0.379. The fraction of sp³-hybridized carbons (Fsp3) is 0.500. The lowest BCUT2D eigenvalue weighted by molar-refractivity contribution is -0.146. The predicted octanol–water partition coefficient (Wildman–Crippen LogP) is 2.18. The number of benzene rings is 1. The van der Waals surface area contributed by atoms with Gasteiger partial charge in [0.1, 0.15) is 12.3 Å². The largest absolute Gasteiger partial charge is 0.493 e. The standard InChI is InChI=1S/C16H23NO4/c1-4-17(12-16(19)20-3)15(18)10-7-11-21-14-9-6-5-8-13(14)2/h5-6,8-9H,4,7,10-12H2,1-3H3. The third kappa shape index (κ3) is 5.85. The molecule has 0 spiro atoms. The van der Waals surface area contributed by atoms with Crippen LogP contribution in [0.5, 0.6) is 5.75 Å². The van der Waals surface area contributed by atoms with Crippen molar-refractivity contribution in [2.45, 2.75) is 26.7 Å². The van der Waals surface area contributed by atoms with Gasteiger partial charge >= 0.3 is 5.97 Å². The first kappa shape index (κ1) is 17.0. The number of aryl methyl sites for hydroxylation is 1. The van der Waals surface area contributed by atoms with E-state index in [-0.39, 0.29) is 12.5 Å². The lowest BCUT2D eigenvalue weighted by Gasteiger charge is -2.19. The van der Waals surface area contributed by atoms with E-state index < -0.39 is 5.97 Å². The Morgan fingerprint density at radius 3 is 2.57 bits per heavy atom. The Hall–Kier alpha value is -2.04. The van der Waals surface area contributed by atoms with Crippen molar-refractivity contribution in [2.24, 2.45) is 0 Å². The lowest BCUT2D eigenvalue weighted by Crippen LogP contribution is -2.36. The molecule has 0 saturated heterocycles. The smallest absolute Gasteiger partial charge is 0.325 e. The number of rotatable bonds is 8. The molecule has 0 fully saturated rings. The number of esters is 1. The van der Waals surface area contributed by atoms with Crippen LogP contribution in [0.2, 0.25) is 0 Å². The van der Waals surface area contributed by atoms with Crippen LogP contribution >= 0.6 is 0 Å². The molecule has 0 saturated carbocycles. The maximum Gasteiger partial charge on any atom is 0.325 e. The monoisotopic (exact) mass is 293 g/mol. The molecule has 0 atom stereocenters. The van der Waals surface area contributed by atoms with E-state index >= 15 is 0 Å². The van der Waals surface area contributed by atoms with Gasteiger partial charge in [-0.1, -0.05) is 18.2 Å². The van der Waals surface area contributed by atoms with Gasteiger partial charge in [-0.2, -0.15) is 0 Å². The molecule has 5 nitrogen and oxygen atoms in total. The molecule has 116 valence electrons. The summed E-state index contributed by atoms with van der Waals surface area (Å²) < 4.78 is 10.2. The highest BCUT2D eigenvalue weighted by molar-refractivity contribution is 5.81. The lowest BCUT2D eigenvalue weighted by atomic mass is 10.2. The zero-order chi connectivity index (χ0) is 15.7. The predicted molar refractivity (Wildman–Crippen MR) is 80.2 cm³/mol. The fourth-order valence-corrected chi connectivity index (χ4v) is 1.88. The van der Waals surface area contributed by atoms with Crippen molar-refractivity contribution < 1.29 is 19.1 Å². The second-order valence-corrected chi connectivity index (χ2v) is 4.70. The van der Waals surface area contributed by atoms with Gasteiger partial charge in [0.15, 0.2) is 0 Å². The molecule has 0 aliphatic heterocycles. The average Bonchev–Trinajstić information content (AvgIpc) is 2.50. The van der Waals surface area contributed by atoms with E-state index in [1.807, 2.05) is 38.1 Å². The number of methoxy groups -OCH3 is 1. The summed E-state index contributed by atoms with van der Waals surface area (Å²) in [6, 6.07) is 7.77. The third-order valence-electron chi connectivity index (χ3n) is 3.17. The number of carbonyl (C=O) groups excluding carboxylic acids is 2. The van der Waals surface area contributed by atoms with Gasteiger partial charge in [-0.05, 0) is 31.9 Å². The van der Waals surface area contributed by atoms with Crippen LogP contribution < -0.4 is 4.74 Å². The van der Waals surface area contributed by atoms with Crippen molar-refractivity contribution in [3.8, 4) is 5.75 Å². The Balaban J connectivity index is 2.32. The first-order valence-corrected chi connectivity index (χ1v) is 7.11. The van der Waals surface area contributed by atoms with Gasteiger partial charge in [0.25, 0.3) is 0 Å². The van der Waals surface area contributed by atoms with Crippen LogP contribution in [-0.2, 0) is 14.3 Å². The molecular formula is C16H23NO4. The Labute approximate surface area is 125 Å². The molecule has 0 aromatic heterocycles. The van der Waals surface area contributed by atoms with Crippen LogP contribution in [0.3, 0.4) is 0 Å². The summed E-state index contributed by atoms with van der Waals surface area (Å²) in [7, 11) is 1.32. The molecule has 0 aliphatic rings. The molecule has 21 heavy (non-hydrogen) atoms. The number of ether oxygens (including phenoxy) is 2. The summed E-state index contributed by atoms with van der Waals surface area (Å²) >= 11 is 0. The zero-order valence-corrected chi connectivity index (χ0v) is 12.9. The first-order valence-electron chi connectivity index (χ1n) is 7.11. The van der Waals surface area contributed by atoms with Gasteiger partial charge in [-0.15, -0.1) is 0 Å². The third-order valence-corrected chi connectivity index (χ3v) is 3.17.